The Labute approximate surface area is 137 Å². The Morgan fingerprint density at radius 1 is 1.30 bits per heavy atom. The predicted molar refractivity (Wildman–Crippen MR) is 91.0 cm³/mol. The molecule has 1 aromatic carbocycles. The van der Waals surface area contributed by atoms with Gasteiger partial charge in [0.15, 0.2) is 0 Å². The van der Waals surface area contributed by atoms with Crippen molar-refractivity contribution in [1.82, 2.24) is 15.2 Å². The lowest BCUT2D eigenvalue weighted by Crippen LogP contribution is -2.13. The molecule has 23 heavy (non-hydrogen) atoms. The number of aryl methyl sites for hydroxylation is 1. The molecule has 0 spiro atoms. The maximum absolute atomic E-state index is 12.7. The fourth-order valence-corrected chi connectivity index (χ4v) is 3.26. The third-order valence-corrected chi connectivity index (χ3v) is 4.95. The standard InChI is InChI=1S/C17H16N4OS/c1-2-15-20-21-17(23-15)19-16(22)12-9-14(10-7-8-10)18-13-6-4-3-5-11(12)13/h3-6,9-10H,2,7-8H2,1H3,(H,19,21,22). The second-order valence-electron chi connectivity index (χ2n) is 5.69. The van der Waals surface area contributed by atoms with Crippen molar-refractivity contribution < 1.29 is 4.79 Å². The largest absolute Gasteiger partial charge is 0.296 e. The Bertz CT molecular complexity index is 885. The number of nitrogens with zero attached hydrogens (tertiary/aromatic N) is 3. The van der Waals surface area contributed by atoms with Crippen molar-refractivity contribution in [2.24, 2.45) is 0 Å². The fraction of sp³-hybridized carbons (Fsp3) is 0.294. The van der Waals surface area contributed by atoms with Gasteiger partial charge >= 0.3 is 0 Å². The van der Waals surface area contributed by atoms with E-state index in [4.69, 9.17) is 4.98 Å². The molecule has 5 nitrogen and oxygen atoms in total. The van der Waals surface area contributed by atoms with Crippen LogP contribution in [0, 0.1) is 0 Å². The number of carbonyl (C=O) groups is 1. The number of hydrogen-bond donors (Lipinski definition) is 1. The highest BCUT2D eigenvalue weighted by Crippen LogP contribution is 2.40. The normalized spacial score (nSPS) is 14.1. The number of hydrogen-bond acceptors (Lipinski definition) is 5. The number of benzene rings is 1. The van der Waals surface area contributed by atoms with Gasteiger partial charge in [-0.1, -0.05) is 36.5 Å². The number of para-hydroxylation sites is 1. The van der Waals surface area contributed by atoms with Crippen molar-refractivity contribution in [2.75, 3.05) is 5.32 Å². The van der Waals surface area contributed by atoms with Crippen LogP contribution in [0.3, 0.4) is 0 Å². The van der Waals surface area contributed by atoms with Crippen LogP contribution in [0.5, 0.6) is 0 Å². The number of pyridine rings is 1. The number of amides is 1. The van der Waals surface area contributed by atoms with Crippen molar-refractivity contribution in [3.63, 3.8) is 0 Å². The summed E-state index contributed by atoms with van der Waals surface area (Å²) in [5, 5.41) is 13.3. The van der Waals surface area contributed by atoms with Gasteiger partial charge in [-0.25, -0.2) is 0 Å². The van der Waals surface area contributed by atoms with E-state index in [0.717, 1.165) is 40.9 Å². The number of aromatic nitrogens is 3. The highest BCUT2D eigenvalue weighted by atomic mass is 32.1. The molecule has 0 bridgehead atoms. The lowest BCUT2D eigenvalue weighted by Gasteiger charge is -2.08. The average Bonchev–Trinajstić information content (AvgIpc) is 3.34. The zero-order valence-electron chi connectivity index (χ0n) is 12.7. The SMILES string of the molecule is CCc1nnc(NC(=O)c2cc(C3CC3)nc3ccccc23)s1. The first-order chi connectivity index (χ1) is 11.2. The minimum Gasteiger partial charge on any atom is -0.296 e. The topological polar surface area (TPSA) is 67.8 Å². The van der Waals surface area contributed by atoms with Gasteiger partial charge in [0.1, 0.15) is 5.01 Å². The second kappa shape index (κ2) is 5.70. The summed E-state index contributed by atoms with van der Waals surface area (Å²) in [6, 6.07) is 9.70. The van der Waals surface area contributed by atoms with Crippen LogP contribution in [-0.4, -0.2) is 21.1 Å². The van der Waals surface area contributed by atoms with E-state index in [0.29, 0.717) is 16.6 Å². The van der Waals surface area contributed by atoms with E-state index in [9.17, 15) is 4.79 Å². The number of carbonyl (C=O) groups excluding carboxylic acids is 1. The third-order valence-electron chi connectivity index (χ3n) is 3.97. The minimum atomic E-state index is -0.149. The number of rotatable bonds is 4. The molecule has 1 N–H and O–H groups in total. The van der Waals surface area contributed by atoms with Crippen LogP contribution in [0.15, 0.2) is 30.3 Å². The monoisotopic (exact) mass is 324 g/mol. The first kappa shape index (κ1) is 14.3. The van der Waals surface area contributed by atoms with E-state index in [1.165, 1.54) is 11.3 Å². The molecule has 1 amide bonds. The van der Waals surface area contributed by atoms with E-state index in [1.54, 1.807) is 0 Å². The number of fused-ring (bicyclic) bond motifs is 1. The summed E-state index contributed by atoms with van der Waals surface area (Å²) < 4.78 is 0. The maximum Gasteiger partial charge on any atom is 0.258 e. The predicted octanol–water partition coefficient (Wildman–Crippen LogP) is 3.78. The second-order valence-corrected chi connectivity index (χ2v) is 6.76. The highest BCUT2D eigenvalue weighted by Gasteiger charge is 2.27. The van der Waals surface area contributed by atoms with Gasteiger partial charge in [-0.3, -0.25) is 15.1 Å². The van der Waals surface area contributed by atoms with Crippen LogP contribution < -0.4 is 5.32 Å². The van der Waals surface area contributed by atoms with Crippen LogP contribution >= 0.6 is 11.3 Å². The molecule has 1 aliphatic carbocycles. The zero-order valence-corrected chi connectivity index (χ0v) is 13.6. The van der Waals surface area contributed by atoms with E-state index < -0.39 is 0 Å². The summed E-state index contributed by atoms with van der Waals surface area (Å²) in [7, 11) is 0. The zero-order chi connectivity index (χ0) is 15.8. The molecule has 4 rings (SSSR count). The summed E-state index contributed by atoms with van der Waals surface area (Å²) in [5.41, 5.74) is 2.54. The van der Waals surface area contributed by atoms with Crippen molar-refractivity contribution in [3.8, 4) is 0 Å². The average molecular weight is 324 g/mol. The molecule has 0 unspecified atom stereocenters. The first-order valence-corrected chi connectivity index (χ1v) is 8.59. The summed E-state index contributed by atoms with van der Waals surface area (Å²) in [4.78, 5) is 17.4. The van der Waals surface area contributed by atoms with Crippen molar-refractivity contribution in [3.05, 3.63) is 46.6 Å². The van der Waals surface area contributed by atoms with Gasteiger partial charge in [-0.05, 0) is 31.4 Å². The molecule has 0 aliphatic heterocycles. The van der Waals surface area contributed by atoms with E-state index in [2.05, 4.69) is 15.5 Å². The molecule has 0 saturated heterocycles. The molecule has 2 heterocycles. The maximum atomic E-state index is 12.7. The fourth-order valence-electron chi connectivity index (χ4n) is 2.58. The highest BCUT2D eigenvalue weighted by molar-refractivity contribution is 7.15. The lowest BCUT2D eigenvalue weighted by atomic mass is 10.1. The molecular weight excluding hydrogens is 308 g/mol. The Balaban J connectivity index is 1.72. The van der Waals surface area contributed by atoms with Crippen LogP contribution in [0.25, 0.3) is 10.9 Å². The molecule has 1 fully saturated rings. The van der Waals surface area contributed by atoms with Crippen molar-refractivity contribution in [1.29, 1.82) is 0 Å². The Hall–Kier alpha value is -2.34. The molecule has 6 heteroatoms. The summed E-state index contributed by atoms with van der Waals surface area (Å²) in [5.74, 6) is 0.351. The number of anilines is 1. The quantitative estimate of drug-likeness (QED) is 0.793. The van der Waals surface area contributed by atoms with Gasteiger partial charge in [0, 0.05) is 17.0 Å². The van der Waals surface area contributed by atoms with Gasteiger partial charge in [-0.2, -0.15) is 0 Å². The summed E-state index contributed by atoms with van der Waals surface area (Å²) in [6.07, 6.45) is 3.13. The Kier molecular flexibility index (Phi) is 3.53. The molecule has 0 radical (unpaired) electrons. The van der Waals surface area contributed by atoms with E-state index >= 15 is 0 Å². The first-order valence-electron chi connectivity index (χ1n) is 7.78. The molecule has 2 aromatic heterocycles. The van der Waals surface area contributed by atoms with Gasteiger partial charge in [0.2, 0.25) is 5.13 Å². The van der Waals surface area contributed by atoms with Gasteiger partial charge in [0.05, 0.1) is 11.1 Å². The smallest absolute Gasteiger partial charge is 0.258 e. The van der Waals surface area contributed by atoms with Crippen LogP contribution in [0.1, 0.15) is 46.7 Å². The van der Waals surface area contributed by atoms with Gasteiger partial charge in [0.25, 0.3) is 5.91 Å². The molecule has 0 atom stereocenters. The summed E-state index contributed by atoms with van der Waals surface area (Å²) >= 11 is 1.41. The molecular formula is C17H16N4OS. The Morgan fingerprint density at radius 2 is 2.13 bits per heavy atom. The van der Waals surface area contributed by atoms with E-state index in [1.807, 2.05) is 37.3 Å². The lowest BCUT2D eigenvalue weighted by molar-refractivity contribution is 0.102. The van der Waals surface area contributed by atoms with Crippen LogP contribution in [0.4, 0.5) is 5.13 Å². The summed E-state index contributed by atoms with van der Waals surface area (Å²) in [6.45, 7) is 2.02. The minimum absolute atomic E-state index is 0.149. The molecule has 3 aromatic rings. The molecule has 116 valence electrons. The van der Waals surface area contributed by atoms with Crippen molar-refractivity contribution in [2.45, 2.75) is 32.1 Å². The van der Waals surface area contributed by atoms with E-state index in [-0.39, 0.29) is 5.91 Å². The third kappa shape index (κ3) is 2.82. The van der Waals surface area contributed by atoms with Crippen LogP contribution in [-0.2, 0) is 6.42 Å². The molecule has 1 aliphatic rings. The van der Waals surface area contributed by atoms with Crippen molar-refractivity contribution >= 4 is 33.3 Å². The molecule has 1 saturated carbocycles. The van der Waals surface area contributed by atoms with Gasteiger partial charge < -0.3 is 0 Å². The van der Waals surface area contributed by atoms with Crippen LogP contribution in [0.2, 0.25) is 0 Å². The Morgan fingerprint density at radius 3 is 2.87 bits per heavy atom. The number of nitrogens with one attached hydrogen (secondary N) is 1. The van der Waals surface area contributed by atoms with Gasteiger partial charge in [-0.15, -0.1) is 10.2 Å².